The maximum Gasteiger partial charge on any atom is 0.253 e. The van der Waals surface area contributed by atoms with Crippen molar-refractivity contribution in [1.82, 2.24) is 4.90 Å². The lowest BCUT2D eigenvalue weighted by Crippen LogP contribution is -2.28. The fraction of sp³-hybridized carbons (Fsp3) is 0.533. The summed E-state index contributed by atoms with van der Waals surface area (Å²) in [6.07, 6.45) is 2.10. The molecule has 1 amide bonds. The number of likely N-dealkylation sites (tertiary alicyclic amines) is 1. The van der Waals surface area contributed by atoms with Crippen molar-refractivity contribution >= 4 is 17.5 Å². The number of nitrogens with zero attached hydrogens (tertiary/aromatic N) is 1. The molecule has 0 bridgehead atoms. The molecule has 0 aliphatic carbocycles. The molecular formula is C15H20ClNO. The Labute approximate surface area is 114 Å². The molecule has 1 aromatic rings. The van der Waals surface area contributed by atoms with Crippen LogP contribution in [0.15, 0.2) is 18.2 Å². The smallest absolute Gasteiger partial charge is 0.253 e. The van der Waals surface area contributed by atoms with Gasteiger partial charge in [-0.2, -0.15) is 0 Å². The van der Waals surface area contributed by atoms with Crippen LogP contribution in [-0.4, -0.2) is 29.8 Å². The first kappa shape index (κ1) is 13.4. The number of amides is 1. The van der Waals surface area contributed by atoms with Crippen LogP contribution in [-0.2, 0) is 0 Å². The highest BCUT2D eigenvalue weighted by atomic mass is 35.5. The van der Waals surface area contributed by atoms with Gasteiger partial charge in [-0.05, 0) is 55.9 Å². The number of carbonyl (C=O) groups is 1. The Morgan fingerprint density at radius 1 is 1.39 bits per heavy atom. The van der Waals surface area contributed by atoms with E-state index in [9.17, 15) is 4.79 Å². The van der Waals surface area contributed by atoms with E-state index in [-0.39, 0.29) is 5.91 Å². The molecule has 1 aliphatic rings. The molecule has 1 unspecified atom stereocenters. The minimum atomic E-state index is 0.162. The molecule has 0 spiro atoms. The summed E-state index contributed by atoms with van der Waals surface area (Å²) in [5.41, 5.74) is 3.22. The summed E-state index contributed by atoms with van der Waals surface area (Å²) in [4.78, 5) is 14.3. The summed E-state index contributed by atoms with van der Waals surface area (Å²) in [6, 6.07) is 5.95. The zero-order valence-corrected chi connectivity index (χ0v) is 11.8. The summed E-state index contributed by atoms with van der Waals surface area (Å²) in [5, 5.41) is 0. The van der Waals surface area contributed by atoms with Gasteiger partial charge in [0, 0.05) is 24.5 Å². The fourth-order valence-electron chi connectivity index (χ4n) is 2.46. The molecule has 1 saturated heterocycles. The average Bonchev–Trinajstić information content (AvgIpc) is 2.81. The van der Waals surface area contributed by atoms with Gasteiger partial charge in [0.25, 0.3) is 5.91 Å². The van der Waals surface area contributed by atoms with Crippen molar-refractivity contribution in [2.75, 3.05) is 19.0 Å². The molecule has 98 valence electrons. The van der Waals surface area contributed by atoms with Crippen molar-refractivity contribution in [2.24, 2.45) is 5.92 Å². The number of benzene rings is 1. The summed E-state index contributed by atoms with van der Waals surface area (Å²) in [7, 11) is 0. The van der Waals surface area contributed by atoms with E-state index in [4.69, 9.17) is 11.6 Å². The average molecular weight is 266 g/mol. The van der Waals surface area contributed by atoms with Crippen molar-refractivity contribution < 1.29 is 4.79 Å². The van der Waals surface area contributed by atoms with Crippen molar-refractivity contribution in [3.05, 3.63) is 34.9 Å². The number of aryl methyl sites for hydroxylation is 2. The van der Waals surface area contributed by atoms with Crippen LogP contribution >= 0.6 is 11.6 Å². The zero-order valence-electron chi connectivity index (χ0n) is 11.1. The van der Waals surface area contributed by atoms with Gasteiger partial charge in [0.1, 0.15) is 0 Å². The van der Waals surface area contributed by atoms with E-state index < -0.39 is 0 Å². The maximum absolute atomic E-state index is 12.4. The Morgan fingerprint density at radius 2 is 2.17 bits per heavy atom. The van der Waals surface area contributed by atoms with Crippen molar-refractivity contribution in [2.45, 2.75) is 26.7 Å². The molecule has 0 radical (unpaired) electrons. The summed E-state index contributed by atoms with van der Waals surface area (Å²) in [5.74, 6) is 1.43. The van der Waals surface area contributed by atoms with E-state index in [0.29, 0.717) is 11.8 Å². The molecule has 0 aromatic heterocycles. The molecule has 0 saturated carbocycles. The van der Waals surface area contributed by atoms with Crippen molar-refractivity contribution in [3.8, 4) is 0 Å². The summed E-state index contributed by atoms with van der Waals surface area (Å²) >= 11 is 5.76. The van der Waals surface area contributed by atoms with Gasteiger partial charge in [0.05, 0.1) is 0 Å². The first-order valence-electron chi connectivity index (χ1n) is 6.54. The largest absolute Gasteiger partial charge is 0.338 e. The highest BCUT2D eigenvalue weighted by Crippen LogP contribution is 2.22. The van der Waals surface area contributed by atoms with Gasteiger partial charge in [-0.1, -0.05) is 6.07 Å². The Kier molecular flexibility index (Phi) is 4.28. The Hall–Kier alpha value is -1.02. The van der Waals surface area contributed by atoms with Gasteiger partial charge in [0.15, 0.2) is 0 Å². The lowest BCUT2D eigenvalue weighted by Gasteiger charge is -2.17. The standard InChI is InChI=1S/C15H20ClNO/c1-11-3-4-14(9-12(11)2)15(18)17-8-6-13(10-17)5-7-16/h3-4,9,13H,5-8,10H2,1-2H3. The van der Waals surface area contributed by atoms with Crippen molar-refractivity contribution in [3.63, 3.8) is 0 Å². The lowest BCUT2D eigenvalue weighted by molar-refractivity contribution is 0.0787. The topological polar surface area (TPSA) is 20.3 Å². The van der Waals surface area contributed by atoms with Crippen LogP contribution in [0.1, 0.15) is 34.3 Å². The van der Waals surface area contributed by atoms with Gasteiger partial charge >= 0.3 is 0 Å². The van der Waals surface area contributed by atoms with Gasteiger partial charge < -0.3 is 4.90 Å². The normalized spacial score (nSPS) is 19.3. The third-order valence-corrected chi connectivity index (χ3v) is 4.06. The van der Waals surface area contributed by atoms with E-state index in [2.05, 4.69) is 6.92 Å². The number of carbonyl (C=O) groups excluding carboxylic acids is 1. The molecule has 18 heavy (non-hydrogen) atoms. The number of hydrogen-bond acceptors (Lipinski definition) is 1. The maximum atomic E-state index is 12.4. The summed E-state index contributed by atoms with van der Waals surface area (Å²) < 4.78 is 0. The molecule has 1 aliphatic heterocycles. The van der Waals surface area contributed by atoms with Gasteiger partial charge in [-0.25, -0.2) is 0 Å². The third kappa shape index (κ3) is 2.86. The van der Waals surface area contributed by atoms with Crippen LogP contribution in [0.5, 0.6) is 0 Å². The molecule has 1 fully saturated rings. The van der Waals surface area contributed by atoms with Crippen LogP contribution < -0.4 is 0 Å². The van der Waals surface area contributed by atoms with E-state index >= 15 is 0 Å². The Morgan fingerprint density at radius 3 is 2.83 bits per heavy atom. The third-order valence-electron chi connectivity index (χ3n) is 3.84. The number of halogens is 1. The van der Waals surface area contributed by atoms with Crippen LogP contribution in [0, 0.1) is 19.8 Å². The highest BCUT2D eigenvalue weighted by Gasteiger charge is 2.26. The predicted molar refractivity (Wildman–Crippen MR) is 75.3 cm³/mol. The van der Waals surface area contributed by atoms with E-state index in [0.717, 1.165) is 31.5 Å². The minimum absolute atomic E-state index is 0.162. The Balaban J connectivity index is 2.05. The summed E-state index contributed by atoms with van der Waals surface area (Å²) in [6.45, 7) is 5.84. The first-order valence-corrected chi connectivity index (χ1v) is 7.07. The lowest BCUT2D eigenvalue weighted by atomic mass is 10.1. The van der Waals surface area contributed by atoms with Crippen LogP contribution in [0.3, 0.4) is 0 Å². The quantitative estimate of drug-likeness (QED) is 0.767. The second-order valence-corrected chi connectivity index (χ2v) is 5.56. The second kappa shape index (κ2) is 5.75. The fourth-order valence-corrected chi connectivity index (χ4v) is 2.77. The molecular weight excluding hydrogens is 246 g/mol. The van der Waals surface area contributed by atoms with Crippen LogP contribution in [0.25, 0.3) is 0 Å². The van der Waals surface area contributed by atoms with Gasteiger partial charge in [-0.15, -0.1) is 11.6 Å². The van der Waals surface area contributed by atoms with E-state index in [1.165, 1.54) is 11.1 Å². The highest BCUT2D eigenvalue weighted by molar-refractivity contribution is 6.17. The van der Waals surface area contributed by atoms with Crippen LogP contribution in [0.4, 0.5) is 0 Å². The number of hydrogen-bond donors (Lipinski definition) is 0. The molecule has 3 heteroatoms. The molecule has 1 atom stereocenters. The Bertz CT molecular complexity index is 444. The predicted octanol–water partition coefficient (Wildman–Crippen LogP) is 3.39. The van der Waals surface area contributed by atoms with Gasteiger partial charge in [-0.3, -0.25) is 4.79 Å². The molecule has 2 rings (SSSR count). The van der Waals surface area contributed by atoms with Gasteiger partial charge in [0.2, 0.25) is 0 Å². The minimum Gasteiger partial charge on any atom is -0.338 e. The molecule has 0 N–H and O–H groups in total. The van der Waals surface area contributed by atoms with E-state index in [1.807, 2.05) is 30.0 Å². The zero-order chi connectivity index (χ0) is 13.1. The SMILES string of the molecule is Cc1ccc(C(=O)N2CCC(CCCl)C2)cc1C. The molecule has 1 heterocycles. The van der Waals surface area contributed by atoms with Crippen LogP contribution in [0.2, 0.25) is 0 Å². The second-order valence-electron chi connectivity index (χ2n) is 5.18. The molecule has 2 nitrogen and oxygen atoms in total. The first-order chi connectivity index (χ1) is 8.61. The molecule has 1 aromatic carbocycles. The van der Waals surface area contributed by atoms with Crippen molar-refractivity contribution in [1.29, 1.82) is 0 Å². The monoisotopic (exact) mass is 265 g/mol. The number of alkyl halides is 1. The van der Waals surface area contributed by atoms with E-state index in [1.54, 1.807) is 0 Å². The number of rotatable bonds is 3.